The van der Waals surface area contributed by atoms with Crippen molar-refractivity contribution < 1.29 is 19.7 Å². The summed E-state index contributed by atoms with van der Waals surface area (Å²) in [4.78, 5) is 3.52. The van der Waals surface area contributed by atoms with E-state index in [1.165, 1.54) is 0 Å². The molecular weight excluding hydrogens is 246 g/mol. The first-order chi connectivity index (χ1) is 9.04. The van der Waals surface area contributed by atoms with Gasteiger partial charge in [-0.2, -0.15) is 0 Å². The van der Waals surface area contributed by atoms with Crippen molar-refractivity contribution in [3.8, 4) is 0 Å². The lowest BCUT2D eigenvalue weighted by molar-refractivity contribution is -0.178. The molecule has 3 fully saturated rings. The van der Waals surface area contributed by atoms with E-state index >= 15 is 0 Å². The molecule has 2 saturated heterocycles. The van der Waals surface area contributed by atoms with Crippen LogP contribution >= 0.6 is 0 Å². The van der Waals surface area contributed by atoms with Crippen LogP contribution in [0.25, 0.3) is 4.85 Å². The summed E-state index contributed by atoms with van der Waals surface area (Å²) in [6, 6.07) is -0.0322. The summed E-state index contributed by atoms with van der Waals surface area (Å²) in [7, 11) is 0. The van der Waals surface area contributed by atoms with Gasteiger partial charge in [-0.05, 0) is 12.8 Å². The zero-order chi connectivity index (χ0) is 13.6. The van der Waals surface area contributed by atoms with Crippen LogP contribution < -0.4 is 0 Å². The maximum atomic E-state index is 9.95. The Morgan fingerprint density at radius 2 is 2.16 bits per heavy atom. The first kappa shape index (κ1) is 13.3. The number of hydrogen-bond acceptors (Lipinski definition) is 4. The van der Waals surface area contributed by atoms with Crippen LogP contribution in [0.1, 0.15) is 39.0 Å². The predicted octanol–water partition coefficient (Wildman–Crippen LogP) is 0.885. The number of ether oxygens (including phenoxy) is 2. The molecule has 1 unspecified atom stereocenters. The zero-order valence-corrected chi connectivity index (χ0v) is 11.2. The minimum absolute atomic E-state index is 0.0104. The highest BCUT2D eigenvalue weighted by atomic mass is 16.6. The second-order valence-electron chi connectivity index (χ2n) is 6.23. The first-order valence-corrected chi connectivity index (χ1v) is 7.10. The molecule has 0 amide bonds. The molecule has 19 heavy (non-hydrogen) atoms. The number of rotatable bonds is 2. The summed E-state index contributed by atoms with van der Waals surface area (Å²) >= 11 is 0. The number of aliphatic hydroxyl groups is 2. The van der Waals surface area contributed by atoms with E-state index in [-0.39, 0.29) is 24.4 Å². The lowest BCUT2D eigenvalue weighted by atomic mass is 9.76. The van der Waals surface area contributed by atoms with E-state index in [9.17, 15) is 10.2 Å². The molecular formula is C14H21NO4. The highest BCUT2D eigenvalue weighted by Crippen LogP contribution is 2.49. The SMILES string of the molecule is [C-]#[N+][C@H](C)C[C@H]1CC[C@@H]2O[C@@H]3C[C@]2(C[C@@H](O)C3O)O1. The van der Waals surface area contributed by atoms with Crippen LogP contribution in [0.2, 0.25) is 0 Å². The van der Waals surface area contributed by atoms with Gasteiger partial charge in [-0.15, -0.1) is 0 Å². The van der Waals surface area contributed by atoms with E-state index in [4.69, 9.17) is 16.0 Å². The van der Waals surface area contributed by atoms with Gasteiger partial charge in [-0.25, -0.2) is 6.57 Å². The fourth-order valence-corrected chi connectivity index (χ4v) is 3.82. The van der Waals surface area contributed by atoms with Crippen LogP contribution in [0.4, 0.5) is 0 Å². The minimum Gasteiger partial charge on any atom is -0.390 e. The Bertz CT molecular complexity index is 395. The van der Waals surface area contributed by atoms with E-state index in [0.29, 0.717) is 12.8 Å². The van der Waals surface area contributed by atoms with E-state index in [1.54, 1.807) is 0 Å². The van der Waals surface area contributed by atoms with Crippen molar-refractivity contribution in [2.45, 2.75) is 81.2 Å². The summed E-state index contributed by atoms with van der Waals surface area (Å²) in [6.07, 6.45) is 1.84. The van der Waals surface area contributed by atoms with E-state index in [1.807, 2.05) is 6.92 Å². The highest BCUT2D eigenvalue weighted by molar-refractivity contribution is 5.09. The van der Waals surface area contributed by atoms with E-state index in [2.05, 4.69) is 4.85 Å². The van der Waals surface area contributed by atoms with Crippen molar-refractivity contribution in [2.75, 3.05) is 0 Å². The molecule has 1 aliphatic carbocycles. The Kier molecular flexibility index (Phi) is 3.30. The summed E-state index contributed by atoms with van der Waals surface area (Å²) in [5.74, 6) is 0. The largest absolute Gasteiger partial charge is 0.390 e. The third kappa shape index (κ3) is 2.17. The molecule has 7 atom stereocenters. The third-order valence-electron chi connectivity index (χ3n) is 4.78. The van der Waals surface area contributed by atoms with Gasteiger partial charge < -0.3 is 24.5 Å². The molecule has 0 radical (unpaired) electrons. The molecule has 2 bridgehead atoms. The lowest BCUT2D eigenvalue weighted by Crippen LogP contribution is -2.54. The van der Waals surface area contributed by atoms with Crippen molar-refractivity contribution >= 4 is 0 Å². The van der Waals surface area contributed by atoms with Crippen LogP contribution in [-0.4, -0.2) is 52.4 Å². The summed E-state index contributed by atoms with van der Waals surface area (Å²) in [5.41, 5.74) is -0.437. The topological polar surface area (TPSA) is 63.3 Å². The molecule has 0 aromatic heterocycles. The van der Waals surface area contributed by atoms with E-state index < -0.39 is 17.8 Å². The molecule has 2 aliphatic heterocycles. The van der Waals surface area contributed by atoms with E-state index in [0.717, 1.165) is 19.3 Å². The Balaban J connectivity index is 1.73. The third-order valence-corrected chi connectivity index (χ3v) is 4.78. The summed E-state index contributed by atoms with van der Waals surface area (Å²) in [5, 5.41) is 19.8. The highest BCUT2D eigenvalue weighted by Gasteiger charge is 2.59. The minimum atomic E-state index is -0.791. The zero-order valence-electron chi connectivity index (χ0n) is 11.2. The Morgan fingerprint density at radius 3 is 2.89 bits per heavy atom. The monoisotopic (exact) mass is 267 g/mol. The van der Waals surface area contributed by atoms with Gasteiger partial charge in [-0.1, -0.05) is 0 Å². The standard InChI is InChI=1S/C14H21NO4/c1-8(15-2)5-9-3-4-12-14(19-9)6-10(16)13(17)11(7-14)18-12/h8-13,16-17H,3-7H2,1H3/t8-,9-,10-,11-,12+,13?,14+/m1/s1. The second-order valence-corrected chi connectivity index (χ2v) is 6.23. The number of nitrogens with zero attached hydrogens (tertiary/aromatic N) is 1. The average molecular weight is 267 g/mol. The Hall–Kier alpha value is -0.670. The van der Waals surface area contributed by atoms with Gasteiger partial charge in [0, 0.05) is 26.2 Å². The van der Waals surface area contributed by atoms with Crippen molar-refractivity contribution in [1.82, 2.24) is 0 Å². The first-order valence-electron chi connectivity index (χ1n) is 7.10. The Labute approximate surface area is 113 Å². The van der Waals surface area contributed by atoms with Gasteiger partial charge >= 0.3 is 0 Å². The van der Waals surface area contributed by atoms with Gasteiger partial charge in [0.15, 0.2) is 0 Å². The van der Waals surface area contributed by atoms with Gasteiger partial charge in [0.25, 0.3) is 0 Å². The normalized spacial score (nSPS) is 50.3. The molecule has 0 aromatic carbocycles. The quantitative estimate of drug-likeness (QED) is 0.729. The molecule has 106 valence electrons. The molecule has 3 rings (SSSR count). The van der Waals surface area contributed by atoms with Crippen LogP contribution in [0.5, 0.6) is 0 Å². The van der Waals surface area contributed by atoms with Crippen LogP contribution in [0.3, 0.4) is 0 Å². The molecule has 3 aliphatic rings. The number of aliphatic hydroxyl groups excluding tert-OH is 2. The maximum absolute atomic E-state index is 9.95. The fourth-order valence-electron chi connectivity index (χ4n) is 3.82. The van der Waals surface area contributed by atoms with Crippen LogP contribution in [0.15, 0.2) is 0 Å². The fraction of sp³-hybridized carbons (Fsp3) is 0.929. The average Bonchev–Trinajstić information content (AvgIpc) is 2.70. The van der Waals surface area contributed by atoms with Gasteiger partial charge in [0.05, 0.1) is 30.0 Å². The molecule has 2 heterocycles. The van der Waals surface area contributed by atoms with Gasteiger partial charge in [0.1, 0.15) is 6.10 Å². The lowest BCUT2D eigenvalue weighted by Gasteiger charge is -2.44. The van der Waals surface area contributed by atoms with Gasteiger partial charge in [-0.3, -0.25) is 0 Å². The molecule has 5 nitrogen and oxygen atoms in total. The smallest absolute Gasteiger partial charge is 0.223 e. The summed E-state index contributed by atoms with van der Waals surface area (Å²) < 4.78 is 12.1. The summed E-state index contributed by atoms with van der Waals surface area (Å²) in [6.45, 7) is 8.95. The van der Waals surface area contributed by atoms with Crippen molar-refractivity contribution in [1.29, 1.82) is 0 Å². The maximum Gasteiger partial charge on any atom is 0.223 e. The molecule has 2 N–H and O–H groups in total. The Morgan fingerprint density at radius 1 is 1.37 bits per heavy atom. The number of hydrogen-bond donors (Lipinski definition) is 2. The second kappa shape index (κ2) is 4.71. The van der Waals surface area contributed by atoms with Crippen molar-refractivity contribution in [2.24, 2.45) is 0 Å². The molecule has 1 saturated carbocycles. The van der Waals surface area contributed by atoms with Crippen LogP contribution in [-0.2, 0) is 9.47 Å². The molecule has 0 aromatic rings. The molecule has 5 heteroatoms. The number of fused-ring (bicyclic) bond motifs is 1. The molecule has 1 spiro atoms. The van der Waals surface area contributed by atoms with Crippen molar-refractivity contribution in [3.63, 3.8) is 0 Å². The predicted molar refractivity (Wildman–Crippen MR) is 67.4 cm³/mol. The van der Waals surface area contributed by atoms with Crippen molar-refractivity contribution in [3.05, 3.63) is 11.4 Å². The van der Waals surface area contributed by atoms with Crippen LogP contribution in [0, 0.1) is 6.57 Å². The van der Waals surface area contributed by atoms with Gasteiger partial charge in [0.2, 0.25) is 6.04 Å².